The molecule has 20 heavy (non-hydrogen) atoms. The molecule has 2 aromatic carbocycles. The molecular weight excluding hydrogens is 340 g/mol. The maximum Gasteiger partial charge on any atom is 0.416 e. The van der Waals surface area contributed by atoms with Gasteiger partial charge in [-0.2, -0.15) is 13.2 Å². The summed E-state index contributed by atoms with van der Waals surface area (Å²) in [5, 5.41) is 2.77. The number of benzene rings is 2. The number of nitrogens with one attached hydrogen (secondary N) is 1. The Morgan fingerprint density at radius 2 is 1.75 bits per heavy atom. The lowest BCUT2D eigenvalue weighted by Gasteiger charge is -2.13. The first-order chi connectivity index (χ1) is 9.27. The Bertz CT molecular complexity index is 641. The van der Waals surface area contributed by atoms with E-state index >= 15 is 0 Å². The van der Waals surface area contributed by atoms with E-state index in [1.807, 2.05) is 0 Å². The quantitative estimate of drug-likeness (QED) is 0.596. The van der Waals surface area contributed by atoms with Gasteiger partial charge in [0.15, 0.2) is 0 Å². The molecule has 0 saturated carbocycles. The third kappa shape index (κ3) is 3.22. The smallest absolute Gasteiger partial charge is 0.397 e. The lowest BCUT2D eigenvalue weighted by Crippen LogP contribution is -2.06. The van der Waals surface area contributed by atoms with Crippen LogP contribution in [-0.2, 0) is 6.18 Å². The molecule has 0 unspecified atom stereocenters. The van der Waals surface area contributed by atoms with Crippen LogP contribution in [0.25, 0.3) is 0 Å². The van der Waals surface area contributed by atoms with E-state index < -0.39 is 17.6 Å². The van der Waals surface area contributed by atoms with Gasteiger partial charge in [-0.3, -0.25) is 0 Å². The van der Waals surface area contributed by atoms with Gasteiger partial charge >= 0.3 is 6.18 Å². The summed E-state index contributed by atoms with van der Waals surface area (Å²) in [5.74, 6) is -0.486. The predicted octanol–water partition coefficient (Wildman–Crippen LogP) is 4.93. The van der Waals surface area contributed by atoms with Crippen LogP contribution in [0, 0.1) is 5.82 Å². The van der Waals surface area contributed by atoms with Gasteiger partial charge in [-0.05, 0) is 52.3 Å². The lowest BCUT2D eigenvalue weighted by molar-refractivity contribution is -0.137. The highest BCUT2D eigenvalue weighted by Gasteiger charge is 2.30. The Morgan fingerprint density at radius 3 is 2.30 bits per heavy atom. The average molecular weight is 349 g/mol. The molecular formula is C13H9BrF4N2. The maximum absolute atomic E-state index is 13.3. The van der Waals surface area contributed by atoms with Gasteiger partial charge in [-0.1, -0.05) is 0 Å². The third-order valence-electron chi connectivity index (χ3n) is 2.58. The Morgan fingerprint density at radius 1 is 1.05 bits per heavy atom. The van der Waals surface area contributed by atoms with Crippen molar-refractivity contribution in [3.8, 4) is 0 Å². The fourth-order valence-electron chi connectivity index (χ4n) is 1.58. The molecule has 0 aliphatic rings. The zero-order valence-corrected chi connectivity index (χ0v) is 11.5. The van der Waals surface area contributed by atoms with Crippen molar-refractivity contribution in [3.05, 3.63) is 52.3 Å². The molecule has 0 bridgehead atoms. The SMILES string of the molecule is Nc1cc(C(F)(F)F)ccc1Nc1ccc(Br)c(F)c1. The summed E-state index contributed by atoms with van der Waals surface area (Å²) in [6.45, 7) is 0. The largest absolute Gasteiger partial charge is 0.416 e. The minimum absolute atomic E-state index is 0.0665. The molecule has 0 saturated heterocycles. The van der Waals surface area contributed by atoms with Crippen LogP contribution in [0.4, 0.5) is 34.6 Å². The second-order valence-electron chi connectivity index (χ2n) is 4.05. The summed E-state index contributed by atoms with van der Waals surface area (Å²) in [6.07, 6.45) is -4.45. The number of anilines is 3. The molecule has 0 spiro atoms. The number of alkyl halides is 3. The summed E-state index contributed by atoms with van der Waals surface area (Å²) in [7, 11) is 0. The van der Waals surface area contributed by atoms with E-state index in [1.165, 1.54) is 18.2 Å². The zero-order valence-electron chi connectivity index (χ0n) is 9.93. The van der Waals surface area contributed by atoms with Crippen molar-refractivity contribution < 1.29 is 17.6 Å². The molecule has 2 aromatic rings. The van der Waals surface area contributed by atoms with E-state index in [0.717, 1.165) is 12.1 Å². The number of hydrogen-bond donors (Lipinski definition) is 2. The van der Waals surface area contributed by atoms with Gasteiger partial charge in [0.05, 0.1) is 21.4 Å². The van der Waals surface area contributed by atoms with E-state index in [9.17, 15) is 17.6 Å². The van der Waals surface area contributed by atoms with E-state index in [0.29, 0.717) is 10.2 Å². The van der Waals surface area contributed by atoms with E-state index in [-0.39, 0.29) is 11.4 Å². The van der Waals surface area contributed by atoms with Crippen molar-refractivity contribution in [1.29, 1.82) is 0 Å². The second-order valence-corrected chi connectivity index (χ2v) is 4.91. The first-order valence-electron chi connectivity index (χ1n) is 5.46. The second kappa shape index (κ2) is 5.32. The van der Waals surface area contributed by atoms with Crippen LogP contribution in [0.3, 0.4) is 0 Å². The van der Waals surface area contributed by atoms with Crippen LogP contribution in [0.15, 0.2) is 40.9 Å². The van der Waals surface area contributed by atoms with Gasteiger partial charge in [0, 0.05) is 5.69 Å². The first-order valence-corrected chi connectivity index (χ1v) is 6.25. The third-order valence-corrected chi connectivity index (χ3v) is 3.22. The Hall–Kier alpha value is -1.76. The Balaban J connectivity index is 2.28. The molecule has 0 amide bonds. The van der Waals surface area contributed by atoms with Crippen molar-refractivity contribution >= 4 is 33.0 Å². The minimum atomic E-state index is -4.45. The molecule has 0 aliphatic heterocycles. The summed E-state index contributed by atoms with van der Waals surface area (Å²) in [4.78, 5) is 0. The van der Waals surface area contributed by atoms with Crippen LogP contribution in [-0.4, -0.2) is 0 Å². The molecule has 0 atom stereocenters. The number of hydrogen-bond acceptors (Lipinski definition) is 2. The first kappa shape index (κ1) is 14.6. The minimum Gasteiger partial charge on any atom is -0.397 e. The number of nitrogen functional groups attached to an aromatic ring is 1. The van der Waals surface area contributed by atoms with Gasteiger partial charge in [0.25, 0.3) is 0 Å². The normalized spacial score (nSPS) is 11.4. The fourth-order valence-corrected chi connectivity index (χ4v) is 1.83. The molecule has 0 heterocycles. The average Bonchev–Trinajstić information content (AvgIpc) is 2.35. The molecule has 0 fully saturated rings. The Kier molecular flexibility index (Phi) is 3.89. The summed E-state index contributed by atoms with van der Waals surface area (Å²) in [5.41, 5.74) is 5.33. The van der Waals surface area contributed by atoms with Gasteiger partial charge in [-0.25, -0.2) is 4.39 Å². The molecule has 2 nitrogen and oxygen atoms in total. The van der Waals surface area contributed by atoms with Crippen LogP contribution in [0.1, 0.15) is 5.56 Å². The van der Waals surface area contributed by atoms with Crippen molar-refractivity contribution in [2.75, 3.05) is 11.1 Å². The topological polar surface area (TPSA) is 38.0 Å². The standard InChI is InChI=1S/C13H9BrF4N2/c14-9-3-2-8(6-10(9)15)20-12-4-1-7(5-11(12)19)13(16,17)18/h1-6,20H,19H2. The molecule has 0 aliphatic carbocycles. The van der Waals surface area contributed by atoms with Gasteiger partial charge in [-0.15, -0.1) is 0 Å². The van der Waals surface area contributed by atoms with Crippen molar-refractivity contribution in [2.24, 2.45) is 0 Å². The summed E-state index contributed by atoms with van der Waals surface area (Å²) >= 11 is 3.01. The predicted molar refractivity (Wildman–Crippen MR) is 73.2 cm³/mol. The number of halogens is 5. The van der Waals surface area contributed by atoms with E-state index in [4.69, 9.17) is 5.73 Å². The van der Waals surface area contributed by atoms with Crippen LogP contribution in [0.5, 0.6) is 0 Å². The highest BCUT2D eigenvalue weighted by Crippen LogP contribution is 2.34. The van der Waals surface area contributed by atoms with Crippen molar-refractivity contribution in [3.63, 3.8) is 0 Å². The fraction of sp³-hybridized carbons (Fsp3) is 0.0769. The van der Waals surface area contributed by atoms with Crippen LogP contribution >= 0.6 is 15.9 Å². The van der Waals surface area contributed by atoms with Crippen LogP contribution in [0.2, 0.25) is 0 Å². The zero-order chi connectivity index (χ0) is 14.9. The van der Waals surface area contributed by atoms with Crippen molar-refractivity contribution in [1.82, 2.24) is 0 Å². The molecule has 106 valence electrons. The highest BCUT2D eigenvalue weighted by atomic mass is 79.9. The monoisotopic (exact) mass is 348 g/mol. The molecule has 3 N–H and O–H groups in total. The molecule has 2 rings (SSSR count). The van der Waals surface area contributed by atoms with E-state index in [1.54, 1.807) is 6.07 Å². The number of rotatable bonds is 2. The van der Waals surface area contributed by atoms with Gasteiger partial charge in [0.2, 0.25) is 0 Å². The van der Waals surface area contributed by atoms with E-state index in [2.05, 4.69) is 21.2 Å². The summed E-state index contributed by atoms with van der Waals surface area (Å²) in [6, 6.07) is 7.22. The lowest BCUT2D eigenvalue weighted by atomic mass is 10.1. The Labute approximate surface area is 120 Å². The van der Waals surface area contributed by atoms with Crippen molar-refractivity contribution in [2.45, 2.75) is 6.18 Å². The van der Waals surface area contributed by atoms with Gasteiger partial charge < -0.3 is 11.1 Å². The highest BCUT2D eigenvalue weighted by molar-refractivity contribution is 9.10. The number of nitrogens with two attached hydrogens (primary N) is 1. The van der Waals surface area contributed by atoms with Crippen LogP contribution < -0.4 is 11.1 Å². The maximum atomic E-state index is 13.3. The molecule has 0 radical (unpaired) electrons. The summed E-state index contributed by atoms with van der Waals surface area (Å²) < 4.78 is 51.1. The molecule has 0 aromatic heterocycles. The van der Waals surface area contributed by atoms with Gasteiger partial charge in [0.1, 0.15) is 5.82 Å². The molecule has 7 heteroatoms.